The average molecular weight is 425 g/mol. The van der Waals surface area contributed by atoms with E-state index in [1.54, 1.807) is 18.2 Å². The van der Waals surface area contributed by atoms with Gasteiger partial charge in [0.1, 0.15) is 11.6 Å². The van der Waals surface area contributed by atoms with E-state index in [0.717, 1.165) is 37.4 Å². The molecule has 1 fully saturated rings. The maximum Gasteiger partial charge on any atom is 0.175 e. The number of rotatable bonds is 6. The highest BCUT2D eigenvalue weighted by Crippen LogP contribution is 2.25. The Kier molecular flexibility index (Phi) is 5.96. The first-order valence-corrected chi connectivity index (χ1v) is 11.7. The van der Waals surface area contributed by atoms with Crippen LogP contribution in [0.5, 0.6) is 0 Å². The molecule has 156 valence electrons. The summed E-state index contributed by atoms with van der Waals surface area (Å²) < 4.78 is 29.2. The van der Waals surface area contributed by atoms with Gasteiger partial charge in [0.25, 0.3) is 0 Å². The topological polar surface area (TPSA) is 93.2 Å². The van der Waals surface area contributed by atoms with Crippen LogP contribution in [0.15, 0.2) is 65.6 Å². The highest BCUT2D eigenvalue weighted by molar-refractivity contribution is 7.90. The van der Waals surface area contributed by atoms with Crippen LogP contribution >= 0.6 is 0 Å². The number of anilines is 3. The fraction of sp³-hybridized carbons (Fsp3) is 0.273. The maximum absolute atomic E-state index is 11.9. The van der Waals surface area contributed by atoms with E-state index in [1.807, 2.05) is 42.5 Å². The van der Waals surface area contributed by atoms with Crippen LogP contribution in [-0.4, -0.2) is 43.9 Å². The summed E-state index contributed by atoms with van der Waals surface area (Å²) in [5, 5.41) is 6.71. The molecule has 0 unspecified atom stereocenters. The van der Waals surface area contributed by atoms with Crippen molar-refractivity contribution in [3.05, 3.63) is 60.7 Å². The predicted molar refractivity (Wildman–Crippen MR) is 118 cm³/mol. The van der Waals surface area contributed by atoms with Crippen molar-refractivity contribution in [2.75, 3.05) is 30.1 Å². The first-order chi connectivity index (χ1) is 14.5. The summed E-state index contributed by atoms with van der Waals surface area (Å²) >= 11 is 0. The smallest absolute Gasteiger partial charge is 0.175 e. The highest BCUT2D eigenvalue weighted by atomic mass is 32.2. The first kappa shape index (κ1) is 20.3. The Balaban J connectivity index is 1.67. The van der Waals surface area contributed by atoms with Gasteiger partial charge in [0.2, 0.25) is 0 Å². The van der Waals surface area contributed by atoms with Gasteiger partial charge in [-0.2, -0.15) is 0 Å². The van der Waals surface area contributed by atoms with Crippen LogP contribution in [0.4, 0.5) is 17.3 Å². The molecule has 3 aromatic rings. The third kappa shape index (κ3) is 5.14. The highest BCUT2D eigenvalue weighted by Gasteiger charge is 2.16. The lowest BCUT2D eigenvalue weighted by Gasteiger charge is -2.24. The molecule has 2 N–H and O–H groups in total. The Bertz CT molecular complexity index is 1110. The Morgan fingerprint density at radius 1 is 0.933 bits per heavy atom. The number of sulfone groups is 1. The molecule has 0 aliphatic carbocycles. The SMILES string of the molecule is CS(=O)(=O)c1cccc(Nc2cc(NC3CCOCC3)nc(-c3ccccc3)n2)c1. The molecule has 4 rings (SSSR count). The van der Waals surface area contributed by atoms with E-state index in [9.17, 15) is 8.42 Å². The molecule has 0 amide bonds. The third-order valence-electron chi connectivity index (χ3n) is 4.87. The minimum absolute atomic E-state index is 0.255. The molecule has 1 aromatic heterocycles. The van der Waals surface area contributed by atoms with Crippen LogP contribution in [0.3, 0.4) is 0 Å². The molecule has 7 nitrogen and oxygen atoms in total. The maximum atomic E-state index is 11.9. The molecule has 30 heavy (non-hydrogen) atoms. The molecule has 8 heteroatoms. The molecular formula is C22H24N4O3S. The van der Waals surface area contributed by atoms with Gasteiger partial charge in [-0.05, 0) is 31.0 Å². The minimum atomic E-state index is -3.29. The molecule has 0 atom stereocenters. The van der Waals surface area contributed by atoms with Crippen LogP contribution in [0.1, 0.15) is 12.8 Å². The van der Waals surface area contributed by atoms with E-state index < -0.39 is 9.84 Å². The van der Waals surface area contributed by atoms with Crippen LogP contribution in [0.2, 0.25) is 0 Å². The van der Waals surface area contributed by atoms with Crippen molar-refractivity contribution >= 4 is 27.2 Å². The second-order valence-electron chi connectivity index (χ2n) is 7.28. The van der Waals surface area contributed by atoms with Gasteiger partial charge in [-0.25, -0.2) is 18.4 Å². The molecule has 1 aliphatic rings. The number of ether oxygens (including phenoxy) is 1. The molecule has 0 spiro atoms. The minimum Gasteiger partial charge on any atom is -0.381 e. The number of hydrogen-bond donors (Lipinski definition) is 2. The van der Waals surface area contributed by atoms with Gasteiger partial charge >= 0.3 is 0 Å². The summed E-state index contributed by atoms with van der Waals surface area (Å²) in [6.07, 6.45) is 3.04. The van der Waals surface area contributed by atoms with Gasteiger partial charge in [-0.15, -0.1) is 0 Å². The quantitative estimate of drug-likeness (QED) is 0.620. The zero-order valence-electron chi connectivity index (χ0n) is 16.7. The summed E-state index contributed by atoms with van der Waals surface area (Å²) in [5.74, 6) is 1.90. The van der Waals surface area contributed by atoms with Crippen molar-refractivity contribution in [1.82, 2.24) is 9.97 Å². The van der Waals surface area contributed by atoms with Crippen LogP contribution < -0.4 is 10.6 Å². The van der Waals surface area contributed by atoms with Crippen molar-refractivity contribution in [3.8, 4) is 11.4 Å². The molecule has 0 saturated carbocycles. The van der Waals surface area contributed by atoms with Crippen LogP contribution in [-0.2, 0) is 14.6 Å². The number of hydrogen-bond acceptors (Lipinski definition) is 7. The number of nitrogens with one attached hydrogen (secondary N) is 2. The average Bonchev–Trinajstić information content (AvgIpc) is 2.74. The zero-order valence-corrected chi connectivity index (χ0v) is 17.5. The second kappa shape index (κ2) is 8.81. The molecule has 0 radical (unpaired) electrons. The Hall–Kier alpha value is -2.97. The molecule has 2 heterocycles. The fourth-order valence-corrected chi connectivity index (χ4v) is 3.97. The molecule has 1 aliphatic heterocycles. The normalized spacial score (nSPS) is 15.0. The van der Waals surface area contributed by atoms with Crippen molar-refractivity contribution in [1.29, 1.82) is 0 Å². The van der Waals surface area contributed by atoms with E-state index in [0.29, 0.717) is 23.4 Å². The number of nitrogens with zero attached hydrogens (tertiary/aromatic N) is 2. The summed E-state index contributed by atoms with van der Waals surface area (Å²) in [6, 6.07) is 18.6. The molecule has 0 bridgehead atoms. The van der Waals surface area contributed by atoms with Gasteiger partial charge in [0.15, 0.2) is 15.7 Å². The van der Waals surface area contributed by atoms with Gasteiger partial charge in [0, 0.05) is 42.8 Å². The number of benzene rings is 2. The van der Waals surface area contributed by atoms with E-state index in [-0.39, 0.29) is 4.90 Å². The lowest BCUT2D eigenvalue weighted by molar-refractivity contribution is 0.0904. The summed E-state index contributed by atoms with van der Waals surface area (Å²) in [5.41, 5.74) is 1.55. The zero-order chi connectivity index (χ0) is 21.0. The molecule has 1 saturated heterocycles. The van der Waals surface area contributed by atoms with Crippen molar-refractivity contribution in [2.24, 2.45) is 0 Å². The number of aromatic nitrogens is 2. The lowest BCUT2D eigenvalue weighted by atomic mass is 10.1. The van der Waals surface area contributed by atoms with Gasteiger partial charge in [-0.1, -0.05) is 36.4 Å². The van der Waals surface area contributed by atoms with Crippen LogP contribution in [0, 0.1) is 0 Å². The third-order valence-corrected chi connectivity index (χ3v) is 5.98. The molecule has 2 aromatic carbocycles. The van der Waals surface area contributed by atoms with E-state index in [1.165, 1.54) is 6.26 Å². The monoisotopic (exact) mass is 424 g/mol. The predicted octanol–water partition coefficient (Wildman–Crippen LogP) is 3.88. The summed E-state index contributed by atoms with van der Waals surface area (Å²) in [7, 11) is -3.29. The van der Waals surface area contributed by atoms with Crippen molar-refractivity contribution in [3.63, 3.8) is 0 Å². The Morgan fingerprint density at radius 2 is 1.67 bits per heavy atom. The Morgan fingerprint density at radius 3 is 2.40 bits per heavy atom. The van der Waals surface area contributed by atoms with Gasteiger partial charge in [-0.3, -0.25) is 0 Å². The molecular weight excluding hydrogens is 400 g/mol. The van der Waals surface area contributed by atoms with Crippen molar-refractivity contribution < 1.29 is 13.2 Å². The largest absolute Gasteiger partial charge is 0.381 e. The Labute approximate surface area is 176 Å². The van der Waals surface area contributed by atoms with Gasteiger partial charge in [0.05, 0.1) is 4.90 Å². The second-order valence-corrected chi connectivity index (χ2v) is 9.30. The van der Waals surface area contributed by atoms with Crippen molar-refractivity contribution in [2.45, 2.75) is 23.8 Å². The first-order valence-electron chi connectivity index (χ1n) is 9.83. The summed E-state index contributed by atoms with van der Waals surface area (Å²) in [6.45, 7) is 1.47. The standard InChI is InChI=1S/C22H24N4O3S/c1-30(27,28)19-9-5-8-18(14-19)24-21-15-20(23-17-10-12-29-13-11-17)25-22(26-21)16-6-3-2-4-7-16/h2-9,14-15,17H,10-13H2,1H3,(H2,23,24,25,26). The fourth-order valence-electron chi connectivity index (χ4n) is 3.30. The van der Waals surface area contributed by atoms with Crippen LogP contribution in [0.25, 0.3) is 11.4 Å². The van der Waals surface area contributed by atoms with E-state index >= 15 is 0 Å². The lowest BCUT2D eigenvalue weighted by Crippen LogP contribution is -2.28. The van der Waals surface area contributed by atoms with Gasteiger partial charge < -0.3 is 15.4 Å². The summed E-state index contributed by atoms with van der Waals surface area (Å²) in [4.78, 5) is 9.60. The van der Waals surface area contributed by atoms with E-state index in [2.05, 4.69) is 15.6 Å². The van der Waals surface area contributed by atoms with E-state index in [4.69, 9.17) is 9.72 Å².